The molecule has 0 amide bonds. The molecule has 98 valence electrons. The summed E-state index contributed by atoms with van der Waals surface area (Å²) in [6.45, 7) is 2.34. The topological polar surface area (TPSA) is 51.4 Å². The minimum absolute atomic E-state index is 0.261. The third-order valence-electron chi connectivity index (χ3n) is 2.47. The zero-order valence-electron chi connectivity index (χ0n) is 9.62. The van der Waals surface area contributed by atoms with Gasteiger partial charge in [-0.15, -0.1) is 0 Å². The monoisotopic (exact) mass is 277 g/mol. The van der Waals surface area contributed by atoms with Gasteiger partial charge < -0.3 is 0 Å². The maximum absolute atomic E-state index is 12.6. The Morgan fingerprint density at radius 3 is 2.61 bits per heavy atom. The summed E-state index contributed by atoms with van der Waals surface area (Å²) in [7, 11) is 1.43. The minimum atomic E-state index is -4.47. The molecule has 0 fully saturated rings. The standard InChI is InChI=1S/C9H10F3N5S/c1-3-17-7(13-14-8(17)18)5-4-6(9(10,11)12)15-16(5)2/h4H,3H2,1-2H3,(H,14,18). The van der Waals surface area contributed by atoms with Crippen LogP contribution >= 0.6 is 12.2 Å². The number of H-pyrrole nitrogens is 1. The highest BCUT2D eigenvalue weighted by atomic mass is 32.1. The van der Waals surface area contributed by atoms with Crippen LogP contribution in [0.25, 0.3) is 11.5 Å². The number of halogens is 3. The van der Waals surface area contributed by atoms with Gasteiger partial charge in [0.1, 0.15) is 5.69 Å². The molecule has 0 bridgehead atoms. The summed E-state index contributed by atoms with van der Waals surface area (Å²) < 4.78 is 40.8. The van der Waals surface area contributed by atoms with E-state index in [0.717, 1.165) is 10.7 Å². The number of aromatic amines is 1. The Morgan fingerprint density at radius 2 is 2.11 bits per heavy atom. The van der Waals surface area contributed by atoms with Gasteiger partial charge in [0.05, 0.1) is 0 Å². The van der Waals surface area contributed by atoms with Gasteiger partial charge in [-0.3, -0.25) is 14.3 Å². The van der Waals surface area contributed by atoms with E-state index in [9.17, 15) is 13.2 Å². The van der Waals surface area contributed by atoms with E-state index in [-0.39, 0.29) is 5.69 Å². The van der Waals surface area contributed by atoms with Crippen LogP contribution < -0.4 is 0 Å². The summed E-state index contributed by atoms with van der Waals surface area (Å²) in [6, 6.07) is 0.955. The molecule has 2 aromatic rings. The molecule has 0 saturated heterocycles. The highest BCUT2D eigenvalue weighted by Crippen LogP contribution is 2.30. The average molecular weight is 277 g/mol. The van der Waals surface area contributed by atoms with Crippen LogP contribution in [0.15, 0.2) is 6.07 Å². The lowest BCUT2D eigenvalue weighted by atomic mass is 10.3. The summed E-state index contributed by atoms with van der Waals surface area (Å²) in [4.78, 5) is 0. The van der Waals surface area contributed by atoms with Gasteiger partial charge in [-0.05, 0) is 25.2 Å². The summed E-state index contributed by atoms with van der Waals surface area (Å²) in [5.74, 6) is 0.341. The highest BCUT2D eigenvalue weighted by Gasteiger charge is 2.35. The van der Waals surface area contributed by atoms with Crippen molar-refractivity contribution in [1.29, 1.82) is 0 Å². The summed E-state index contributed by atoms with van der Waals surface area (Å²) in [5, 5.41) is 9.92. The van der Waals surface area contributed by atoms with Gasteiger partial charge in [0.2, 0.25) is 0 Å². The molecule has 9 heteroatoms. The first-order valence-electron chi connectivity index (χ1n) is 5.11. The van der Waals surface area contributed by atoms with Gasteiger partial charge in [-0.2, -0.15) is 23.4 Å². The molecule has 0 atom stereocenters. The zero-order chi connectivity index (χ0) is 13.5. The Labute approximate surface area is 105 Å². The second kappa shape index (κ2) is 4.23. The first-order valence-corrected chi connectivity index (χ1v) is 5.52. The highest BCUT2D eigenvalue weighted by molar-refractivity contribution is 7.71. The van der Waals surface area contributed by atoms with Gasteiger partial charge in [0.25, 0.3) is 0 Å². The van der Waals surface area contributed by atoms with E-state index in [2.05, 4.69) is 15.3 Å². The molecule has 0 aliphatic carbocycles. The molecule has 0 radical (unpaired) electrons. The largest absolute Gasteiger partial charge is 0.435 e. The first kappa shape index (κ1) is 12.8. The van der Waals surface area contributed by atoms with E-state index in [1.54, 1.807) is 4.57 Å². The fourth-order valence-corrected chi connectivity index (χ4v) is 1.88. The van der Waals surface area contributed by atoms with Crippen LogP contribution in [0.3, 0.4) is 0 Å². The van der Waals surface area contributed by atoms with E-state index in [4.69, 9.17) is 12.2 Å². The predicted octanol–water partition coefficient (Wildman–Crippen LogP) is 2.38. The molecular formula is C9H10F3N5S. The molecule has 2 heterocycles. The van der Waals surface area contributed by atoms with Crippen molar-refractivity contribution < 1.29 is 13.2 Å². The van der Waals surface area contributed by atoms with E-state index in [1.165, 1.54) is 7.05 Å². The number of aryl methyl sites for hydroxylation is 1. The van der Waals surface area contributed by atoms with Crippen molar-refractivity contribution >= 4 is 12.2 Å². The van der Waals surface area contributed by atoms with E-state index in [0.29, 0.717) is 17.1 Å². The number of nitrogens with zero attached hydrogens (tertiary/aromatic N) is 4. The molecule has 0 aliphatic heterocycles. The van der Waals surface area contributed by atoms with Crippen LogP contribution in [-0.2, 0) is 19.8 Å². The lowest BCUT2D eigenvalue weighted by Crippen LogP contribution is -2.06. The van der Waals surface area contributed by atoms with E-state index < -0.39 is 11.9 Å². The fraction of sp³-hybridized carbons (Fsp3) is 0.444. The quantitative estimate of drug-likeness (QED) is 0.857. The lowest BCUT2D eigenvalue weighted by molar-refractivity contribution is -0.141. The second-order valence-electron chi connectivity index (χ2n) is 3.63. The van der Waals surface area contributed by atoms with E-state index in [1.807, 2.05) is 6.92 Å². The molecular weight excluding hydrogens is 267 g/mol. The molecule has 0 saturated carbocycles. The fourth-order valence-electron chi connectivity index (χ4n) is 1.62. The molecule has 18 heavy (non-hydrogen) atoms. The van der Waals surface area contributed by atoms with Gasteiger partial charge in [0.15, 0.2) is 16.3 Å². The Bertz CT molecular complexity index is 621. The smallest absolute Gasteiger partial charge is 0.299 e. The maximum Gasteiger partial charge on any atom is 0.435 e. The SMILES string of the molecule is CCn1c(-c2cc(C(F)(F)F)nn2C)n[nH]c1=S. The van der Waals surface area contributed by atoms with Crippen molar-refractivity contribution in [3.63, 3.8) is 0 Å². The Hall–Kier alpha value is -1.64. The number of alkyl halides is 3. The van der Waals surface area contributed by atoms with Crippen LogP contribution in [0, 0.1) is 4.77 Å². The molecule has 0 aliphatic rings. The lowest BCUT2D eigenvalue weighted by Gasteiger charge is -2.02. The van der Waals surface area contributed by atoms with Crippen LogP contribution in [-0.4, -0.2) is 24.5 Å². The predicted molar refractivity (Wildman–Crippen MR) is 60.3 cm³/mol. The van der Waals surface area contributed by atoms with Gasteiger partial charge >= 0.3 is 6.18 Å². The summed E-state index contributed by atoms with van der Waals surface area (Å²) in [6.07, 6.45) is -4.47. The molecule has 0 spiro atoms. The van der Waals surface area contributed by atoms with Crippen LogP contribution in [0.4, 0.5) is 13.2 Å². The van der Waals surface area contributed by atoms with Gasteiger partial charge in [-0.1, -0.05) is 0 Å². The van der Waals surface area contributed by atoms with E-state index >= 15 is 0 Å². The molecule has 0 unspecified atom stereocenters. The number of hydrogen-bond acceptors (Lipinski definition) is 3. The Balaban J connectivity index is 2.58. The van der Waals surface area contributed by atoms with Gasteiger partial charge in [-0.25, -0.2) is 0 Å². The number of aromatic nitrogens is 5. The molecule has 2 aromatic heterocycles. The molecule has 1 N–H and O–H groups in total. The molecule has 0 aromatic carbocycles. The third-order valence-corrected chi connectivity index (χ3v) is 2.79. The van der Waals surface area contributed by atoms with Crippen molar-refractivity contribution in [2.75, 3.05) is 0 Å². The van der Waals surface area contributed by atoms with Crippen LogP contribution in [0.5, 0.6) is 0 Å². The Kier molecular flexibility index (Phi) is 3.01. The van der Waals surface area contributed by atoms with Crippen LogP contribution in [0.1, 0.15) is 12.6 Å². The van der Waals surface area contributed by atoms with Crippen molar-refractivity contribution in [2.45, 2.75) is 19.6 Å². The normalized spacial score (nSPS) is 12.1. The zero-order valence-corrected chi connectivity index (χ0v) is 10.4. The average Bonchev–Trinajstić information content (AvgIpc) is 2.80. The maximum atomic E-state index is 12.6. The minimum Gasteiger partial charge on any atom is -0.299 e. The molecule has 2 rings (SSSR count). The van der Waals surface area contributed by atoms with Crippen molar-refractivity contribution in [3.05, 3.63) is 16.5 Å². The van der Waals surface area contributed by atoms with Crippen molar-refractivity contribution in [2.24, 2.45) is 7.05 Å². The molecule has 5 nitrogen and oxygen atoms in total. The Morgan fingerprint density at radius 1 is 1.44 bits per heavy atom. The number of nitrogens with one attached hydrogen (secondary N) is 1. The first-order chi connectivity index (χ1) is 8.34. The van der Waals surface area contributed by atoms with Gasteiger partial charge in [0, 0.05) is 13.6 Å². The summed E-state index contributed by atoms with van der Waals surface area (Å²) in [5.41, 5.74) is -0.687. The summed E-state index contributed by atoms with van der Waals surface area (Å²) >= 11 is 4.99. The number of hydrogen-bond donors (Lipinski definition) is 1. The van der Waals surface area contributed by atoms with Crippen LogP contribution in [0.2, 0.25) is 0 Å². The number of rotatable bonds is 2. The van der Waals surface area contributed by atoms with Crippen molar-refractivity contribution in [1.82, 2.24) is 24.5 Å². The van der Waals surface area contributed by atoms with Crippen molar-refractivity contribution in [3.8, 4) is 11.5 Å². The second-order valence-corrected chi connectivity index (χ2v) is 4.02. The third kappa shape index (κ3) is 2.05.